The number of alkyl halides is 2. The van der Waals surface area contributed by atoms with Crippen molar-refractivity contribution in [1.29, 1.82) is 0 Å². The third-order valence-corrected chi connectivity index (χ3v) is 7.39. The van der Waals surface area contributed by atoms with Crippen LogP contribution < -0.4 is 4.74 Å². The summed E-state index contributed by atoms with van der Waals surface area (Å²) in [6.07, 6.45) is 6.78. The van der Waals surface area contributed by atoms with Gasteiger partial charge in [-0.05, 0) is 55.2 Å². The Balaban J connectivity index is 1.70. The zero-order chi connectivity index (χ0) is 22.4. The third kappa shape index (κ3) is 3.97. The van der Waals surface area contributed by atoms with Gasteiger partial charge in [0.05, 0.1) is 17.7 Å². The minimum absolute atomic E-state index is 0.0912. The molecule has 2 heterocycles. The molecule has 1 aromatic rings. The number of carboxylic acid groups (broad SMARTS) is 1. The summed E-state index contributed by atoms with van der Waals surface area (Å²) in [5, 5.41) is 9.46. The minimum atomic E-state index is -2.64. The maximum absolute atomic E-state index is 13.9. The topological polar surface area (TPSA) is 49.8 Å². The summed E-state index contributed by atoms with van der Waals surface area (Å²) in [4.78, 5) is 13.6. The number of benzene rings is 1. The Morgan fingerprint density at radius 1 is 1.32 bits per heavy atom. The van der Waals surface area contributed by atoms with Gasteiger partial charge in [-0.2, -0.15) is 0 Å². The molecule has 4 nitrogen and oxygen atoms in total. The van der Waals surface area contributed by atoms with E-state index in [0.717, 1.165) is 48.9 Å². The minimum Gasteiger partial charge on any atom is -0.493 e. The van der Waals surface area contributed by atoms with E-state index in [-0.39, 0.29) is 22.3 Å². The van der Waals surface area contributed by atoms with E-state index in [0.29, 0.717) is 25.0 Å². The second-order valence-electron chi connectivity index (χ2n) is 9.84. The number of carboxylic acids is 1. The van der Waals surface area contributed by atoms with Crippen molar-refractivity contribution in [3.05, 3.63) is 46.7 Å². The summed E-state index contributed by atoms with van der Waals surface area (Å²) in [6.45, 7) is 6.83. The predicted molar refractivity (Wildman–Crippen MR) is 116 cm³/mol. The molecule has 0 bridgehead atoms. The molecule has 1 aliphatic carbocycles. The molecule has 1 saturated carbocycles. The van der Waals surface area contributed by atoms with Gasteiger partial charge >= 0.3 is 5.97 Å². The Morgan fingerprint density at radius 3 is 2.65 bits per heavy atom. The average molecular weight is 432 g/mol. The van der Waals surface area contributed by atoms with Crippen LogP contribution in [-0.2, 0) is 11.2 Å². The first kappa shape index (κ1) is 21.8. The van der Waals surface area contributed by atoms with Crippen molar-refractivity contribution < 1.29 is 23.4 Å². The number of rotatable bonds is 7. The monoisotopic (exact) mass is 431 g/mol. The lowest BCUT2D eigenvalue weighted by Crippen LogP contribution is -2.55. The van der Waals surface area contributed by atoms with Gasteiger partial charge in [0.2, 0.25) is 0 Å². The molecular weight excluding hydrogens is 400 g/mol. The van der Waals surface area contributed by atoms with E-state index in [1.807, 2.05) is 17.0 Å². The van der Waals surface area contributed by atoms with E-state index in [2.05, 4.69) is 20.8 Å². The molecule has 0 saturated heterocycles. The number of fused-ring (bicyclic) bond motifs is 4. The molecule has 168 valence electrons. The van der Waals surface area contributed by atoms with Crippen LogP contribution in [0, 0.1) is 5.41 Å². The van der Waals surface area contributed by atoms with Gasteiger partial charge < -0.3 is 14.7 Å². The lowest BCUT2D eigenvalue weighted by molar-refractivity contribution is -0.132. The molecule has 1 fully saturated rings. The van der Waals surface area contributed by atoms with Crippen LogP contribution in [0.25, 0.3) is 5.70 Å². The third-order valence-electron chi connectivity index (χ3n) is 7.39. The second-order valence-corrected chi connectivity index (χ2v) is 9.84. The number of hydrogen-bond acceptors (Lipinski definition) is 3. The van der Waals surface area contributed by atoms with Gasteiger partial charge in [-0.15, -0.1) is 0 Å². The number of nitrogens with zero attached hydrogens (tertiary/aromatic N) is 1. The van der Waals surface area contributed by atoms with Crippen LogP contribution in [0.4, 0.5) is 8.78 Å². The molecule has 0 amide bonds. The summed E-state index contributed by atoms with van der Waals surface area (Å²) in [5.74, 6) is -0.649. The number of aliphatic carboxylic acids is 1. The van der Waals surface area contributed by atoms with Crippen LogP contribution in [0.3, 0.4) is 0 Å². The molecule has 2 aliphatic heterocycles. The summed E-state index contributed by atoms with van der Waals surface area (Å²) in [6, 6.07) is 3.37. The largest absolute Gasteiger partial charge is 0.493 e. The smallest absolute Gasteiger partial charge is 0.333 e. The molecule has 1 spiro atoms. The van der Waals surface area contributed by atoms with Gasteiger partial charge in [0, 0.05) is 29.4 Å². The van der Waals surface area contributed by atoms with Gasteiger partial charge in [0.15, 0.2) is 0 Å². The molecular formula is C25H31F2NO3. The highest BCUT2D eigenvalue weighted by molar-refractivity contribution is 5.89. The van der Waals surface area contributed by atoms with Crippen molar-refractivity contribution in [2.24, 2.45) is 5.41 Å². The molecule has 0 unspecified atom stereocenters. The van der Waals surface area contributed by atoms with E-state index in [9.17, 15) is 18.7 Å². The lowest BCUT2D eigenvalue weighted by Gasteiger charge is -2.55. The molecule has 0 radical (unpaired) electrons. The number of halogens is 2. The zero-order valence-electron chi connectivity index (χ0n) is 18.5. The van der Waals surface area contributed by atoms with Gasteiger partial charge in [-0.1, -0.05) is 33.3 Å². The molecule has 31 heavy (non-hydrogen) atoms. The zero-order valence-corrected chi connectivity index (χ0v) is 18.5. The first-order valence-electron chi connectivity index (χ1n) is 11.2. The van der Waals surface area contributed by atoms with Crippen molar-refractivity contribution in [3.63, 3.8) is 0 Å². The summed E-state index contributed by atoms with van der Waals surface area (Å²) in [5.41, 5.74) is 2.84. The van der Waals surface area contributed by atoms with Crippen LogP contribution >= 0.6 is 0 Å². The lowest BCUT2D eigenvalue weighted by atomic mass is 9.67. The van der Waals surface area contributed by atoms with E-state index >= 15 is 0 Å². The van der Waals surface area contributed by atoms with Crippen LogP contribution in [0.5, 0.6) is 5.75 Å². The molecule has 1 aromatic carbocycles. The average Bonchev–Trinajstić information content (AvgIpc) is 2.70. The summed E-state index contributed by atoms with van der Waals surface area (Å²) >= 11 is 0. The van der Waals surface area contributed by atoms with E-state index < -0.39 is 12.4 Å². The molecule has 3 aliphatic rings. The van der Waals surface area contributed by atoms with Gasteiger partial charge in [0.25, 0.3) is 6.43 Å². The Morgan fingerprint density at radius 2 is 2.06 bits per heavy atom. The van der Waals surface area contributed by atoms with Crippen molar-refractivity contribution in [1.82, 2.24) is 4.90 Å². The van der Waals surface area contributed by atoms with Crippen LogP contribution in [0.2, 0.25) is 0 Å². The standard InChI is InChI=1S/C25H31F2NO3/c1-4-24(2,3)10-11-31-21-12-17-14-25(8-5-9-25)28-15-16(23(29)30)6-7-20(28)18(17)13-19(21)22(26)27/h7,12-13,15,22H,4-6,8-11,14H2,1-3H3,(H,29,30). The molecule has 0 atom stereocenters. The first-order valence-corrected chi connectivity index (χ1v) is 11.2. The maximum Gasteiger partial charge on any atom is 0.333 e. The fraction of sp³-hybridized carbons (Fsp3) is 0.560. The highest BCUT2D eigenvalue weighted by atomic mass is 19.3. The van der Waals surface area contributed by atoms with Crippen LogP contribution in [0.15, 0.2) is 30.0 Å². The summed E-state index contributed by atoms with van der Waals surface area (Å²) < 4.78 is 33.8. The van der Waals surface area contributed by atoms with Crippen molar-refractivity contribution >= 4 is 11.7 Å². The number of hydrogen-bond donors (Lipinski definition) is 1. The van der Waals surface area contributed by atoms with Crippen molar-refractivity contribution in [2.45, 2.75) is 77.7 Å². The fourth-order valence-electron chi connectivity index (χ4n) is 4.73. The Labute approximate surface area is 182 Å². The van der Waals surface area contributed by atoms with Crippen molar-refractivity contribution in [3.8, 4) is 5.75 Å². The summed E-state index contributed by atoms with van der Waals surface area (Å²) in [7, 11) is 0. The fourth-order valence-corrected chi connectivity index (χ4v) is 4.73. The highest BCUT2D eigenvalue weighted by Crippen LogP contribution is 2.52. The number of carbonyl (C=O) groups is 1. The maximum atomic E-state index is 13.9. The predicted octanol–water partition coefficient (Wildman–Crippen LogP) is 6.32. The number of ether oxygens (including phenoxy) is 1. The number of allylic oxidation sites excluding steroid dienone is 1. The first-order chi connectivity index (χ1) is 14.7. The van der Waals surface area contributed by atoms with Crippen molar-refractivity contribution in [2.75, 3.05) is 6.61 Å². The quantitative estimate of drug-likeness (QED) is 0.549. The Kier molecular flexibility index (Phi) is 5.61. The normalized spacial score (nSPS) is 19.4. The van der Waals surface area contributed by atoms with Gasteiger partial charge in [0.1, 0.15) is 5.75 Å². The van der Waals surface area contributed by atoms with E-state index in [1.54, 1.807) is 12.3 Å². The second kappa shape index (κ2) is 7.95. The molecule has 6 heteroatoms. The van der Waals surface area contributed by atoms with Crippen LogP contribution in [0.1, 0.15) is 82.4 Å². The van der Waals surface area contributed by atoms with E-state index in [1.165, 1.54) is 0 Å². The van der Waals surface area contributed by atoms with E-state index in [4.69, 9.17) is 4.74 Å². The highest BCUT2D eigenvalue weighted by Gasteiger charge is 2.47. The van der Waals surface area contributed by atoms with Crippen LogP contribution in [-0.4, -0.2) is 28.1 Å². The van der Waals surface area contributed by atoms with Gasteiger partial charge in [-0.25, -0.2) is 13.6 Å². The molecule has 4 rings (SSSR count). The Hall–Kier alpha value is -2.37. The molecule has 0 aromatic heterocycles. The van der Waals surface area contributed by atoms with Gasteiger partial charge in [-0.3, -0.25) is 0 Å². The molecule has 1 N–H and O–H groups in total. The Bertz CT molecular complexity index is 944. The SMILES string of the molecule is CCC(C)(C)CCOc1cc2c(cc1C(F)F)C1=CCC(C(=O)O)=CN1C1(CCC1)C2.